The third kappa shape index (κ3) is 2.25. The highest BCUT2D eigenvalue weighted by molar-refractivity contribution is 5.76. The van der Waals surface area contributed by atoms with Gasteiger partial charge in [0.05, 0.1) is 12.7 Å². The Balaban J connectivity index is 2.55. The summed E-state index contributed by atoms with van der Waals surface area (Å²) in [6.45, 7) is 1.03. The van der Waals surface area contributed by atoms with E-state index in [1.807, 2.05) is 0 Å². The first-order valence-electron chi connectivity index (χ1n) is 4.18. The molecule has 13 heavy (non-hydrogen) atoms. The first-order chi connectivity index (χ1) is 6.06. The number of ketones is 1. The van der Waals surface area contributed by atoms with Crippen molar-refractivity contribution in [1.29, 1.82) is 0 Å². The van der Waals surface area contributed by atoms with Crippen LogP contribution in [0.3, 0.4) is 0 Å². The lowest BCUT2D eigenvalue weighted by Gasteiger charge is -2.11. The van der Waals surface area contributed by atoms with Crippen molar-refractivity contribution in [2.75, 3.05) is 6.61 Å². The first-order valence-corrected chi connectivity index (χ1v) is 4.18. The van der Waals surface area contributed by atoms with Crippen LogP contribution >= 0.6 is 0 Å². The zero-order valence-corrected chi connectivity index (χ0v) is 7.38. The van der Waals surface area contributed by atoms with Crippen LogP contribution in [0.5, 0.6) is 0 Å². The Morgan fingerprint density at radius 3 is 2.23 bits per heavy atom. The van der Waals surface area contributed by atoms with Crippen molar-refractivity contribution < 1.29 is 24.9 Å². The van der Waals surface area contributed by atoms with Crippen LogP contribution in [-0.2, 0) is 9.53 Å². The van der Waals surface area contributed by atoms with Gasteiger partial charge >= 0.3 is 0 Å². The van der Waals surface area contributed by atoms with Crippen molar-refractivity contribution in [3.8, 4) is 0 Å². The Labute approximate surface area is 75.9 Å². The number of rotatable bonds is 3. The third-order valence-corrected chi connectivity index (χ3v) is 2.13. The molecule has 0 bridgehead atoms. The standard InChI is InChI=1S/C8H14O5/c1-4(10)2-5-7(11)8(12)6(3-9)13-5/h5-9,11-12H,2-3H2,1H3/t5-,6+,7?,8-/m0/s1. The molecule has 76 valence electrons. The zero-order valence-electron chi connectivity index (χ0n) is 7.38. The van der Waals surface area contributed by atoms with Crippen LogP contribution in [0.1, 0.15) is 13.3 Å². The minimum Gasteiger partial charge on any atom is -0.394 e. The van der Waals surface area contributed by atoms with Crippen LogP contribution in [-0.4, -0.2) is 52.1 Å². The van der Waals surface area contributed by atoms with Gasteiger partial charge in [0, 0.05) is 6.42 Å². The van der Waals surface area contributed by atoms with Crippen molar-refractivity contribution in [1.82, 2.24) is 0 Å². The Bertz CT molecular complexity index is 193. The van der Waals surface area contributed by atoms with E-state index < -0.39 is 24.4 Å². The maximum atomic E-state index is 10.7. The predicted molar refractivity (Wildman–Crippen MR) is 43.1 cm³/mol. The van der Waals surface area contributed by atoms with E-state index in [-0.39, 0.29) is 18.8 Å². The molecule has 5 heteroatoms. The predicted octanol–water partition coefficient (Wildman–Crippen LogP) is -1.55. The number of aliphatic hydroxyl groups is 3. The van der Waals surface area contributed by atoms with Gasteiger partial charge in [-0.25, -0.2) is 0 Å². The molecule has 0 spiro atoms. The minimum absolute atomic E-state index is 0.0642. The molecule has 1 unspecified atom stereocenters. The van der Waals surface area contributed by atoms with Crippen molar-refractivity contribution in [2.45, 2.75) is 37.8 Å². The van der Waals surface area contributed by atoms with Gasteiger partial charge in [0.2, 0.25) is 0 Å². The van der Waals surface area contributed by atoms with Crippen LogP contribution in [0.25, 0.3) is 0 Å². The molecule has 1 aliphatic heterocycles. The largest absolute Gasteiger partial charge is 0.394 e. The summed E-state index contributed by atoms with van der Waals surface area (Å²) in [6.07, 6.45) is -3.59. The number of aliphatic hydroxyl groups excluding tert-OH is 3. The monoisotopic (exact) mass is 190 g/mol. The molecule has 0 radical (unpaired) electrons. The van der Waals surface area contributed by atoms with Gasteiger partial charge < -0.3 is 20.1 Å². The molecule has 1 saturated heterocycles. The molecule has 0 aromatic carbocycles. The molecule has 4 atom stereocenters. The van der Waals surface area contributed by atoms with Gasteiger partial charge in [0.25, 0.3) is 0 Å². The lowest BCUT2D eigenvalue weighted by Crippen LogP contribution is -2.34. The van der Waals surface area contributed by atoms with Crippen LogP contribution < -0.4 is 0 Å². The third-order valence-electron chi connectivity index (χ3n) is 2.13. The van der Waals surface area contributed by atoms with Gasteiger partial charge in [0.15, 0.2) is 0 Å². The summed E-state index contributed by atoms with van der Waals surface area (Å²) < 4.78 is 5.08. The number of Topliss-reactive ketones (excluding diaryl/α,β-unsaturated/α-hetero) is 1. The Kier molecular flexibility index (Phi) is 3.38. The van der Waals surface area contributed by atoms with Crippen LogP contribution in [0, 0.1) is 0 Å². The molecule has 1 rings (SSSR count). The molecular formula is C8H14O5. The van der Waals surface area contributed by atoms with E-state index in [2.05, 4.69) is 0 Å². The molecule has 1 aliphatic rings. The maximum Gasteiger partial charge on any atom is 0.132 e. The summed E-state index contributed by atoms with van der Waals surface area (Å²) in [4.78, 5) is 10.7. The second-order valence-electron chi connectivity index (χ2n) is 3.28. The van der Waals surface area contributed by atoms with Crippen molar-refractivity contribution in [3.63, 3.8) is 0 Å². The molecule has 0 aliphatic carbocycles. The zero-order chi connectivity index (χ0) is 10.0. The van der Waals surface area contributed by atoms with Crippen molar-refractivity contribution in [2.24, 2.45) is 0 Å². The number of carbonyl (C=O) groups excluding carboxylic acids is 1. The first kappa shape index (κ1) is 10.6. The normalized spacial score (nSPS) is 39.4. The molecular weight excluding hydrogens is 176 g/mol. The minimum atomic E-state index is -1.10. The lowest BCUT2D eigenvalue weighted by atomic mass is 10.0. The van der Waals surface area contributed by atoms with Gasteiger partial charge in [0.1, 0.15) is 24.1 Å². The van der Waals surface area contributed by atoms with E-state index >= 15 is 0 Å². The van der Waals surface area contributed by atoms with Crippen molar-refractivity contribution >= 4 is 5.78 Å². The average molecular weight is 190 g/mol. The number of ether oxygens (including phenoxy) is 1. The second kappa shape index (κ2) is 4.15. The Morgan fingerprint density at radius 2 is 1.85 bits per heavy atom. The smallest absolute Gasteiger partial charge is 0.132 e. The molecule has 0 saturated carbocycles. The summed E-state index contributed by atoms with van der Waals surface area (Å²) in [5, 5.41) is 27.4. The maximum absolute atomic E-state index is 10.7. The SMILES string of the molecule is CC(=O)C[C@@H]1O[C@H](CO)[C@H](O)C1O. The average Bonchev–Trinajstić information content (AvgIpc) is 2.32. The highest BCUT2D eigenvalue weighted by atomic mass is 16.6. The number of hydrogen-bond donors (Lipinski definition) is 3. The fourth-order valence-corrected chi connectivity index (χ4v) is 1.43. The quantitative estimate of drug-likeness (QED) is 0.501. The van der Waals surface area contributed by atoms with Crippen LogP contribution in [0.2, 0.25) is 0 Å². The highest BCUT2D eigenvalue weighted by Crippen LogP contribution is 2.23. The molecule has 3 N–H and O–H groups in total. The van der Waals surface area contributed by atoms with E-state index in [9.17, 15) is 15.0 Å². The molecule has 1 heterocycles. The topological polar surface area (TPSA) is 87.0 Å². The molecule has 0 aromatic rings. The van der Waals surface area contributed by atoms with Gasteiger partial charge in [-0.15, -0.1) is 0 Å². The molecule has 5 nitrogen and oxygen atoms in total. The fraction of sp³-hybridized carbons (Fsp3) is 0.875. The van der Waals surface area contributed by atoms with Gasteiger partial charge in [-0.2, -0.15) is 0 Å². The summed E-state index contributed by atoms with van der Waals surface area (Å²) in [7, 11) is 0. The van der Waals surface area contributed by atoms with Crippen LogP contribution in [0.15, 0.2) is 0 Å². The fourth-order valence-electron chi connectivity index (χ4n) is 1.43. The summed E-state index contributed by atoms with van der Waals surface area (Å²) in [5.74, 6) is -0.116. The lowest BCUT2D eigenvalue weighted by molar-refractivity contribution is -0.121. The molecule has 1 fully saturated rings. The number of carbonyl (C=O) groups is 1. The number of hydrogen-bond acceptors (Lipinski definition) is 5. The van der Waals surface area contributed by atoms with E-state index in [1.165, 1.54) is 6.92 Å². The summed E-state index contributed by atoms with van der Waals surface area (Å²) >= 11 is 0. The van der Waals surface area contributed by atoms with Crippen LogP contribution in [0.4, 0.5) is 0 Å². The Hall–Kier alpha value is -0.490. The van der Waals surface area contributed by atoms with Crippen molar-refractivity contribution in [3.05, 3.63) is 0 Å². The van der Waals surface area contributed by atoms with Gasteiger partial charge in [-0.1, -0.05) is 0 Å². The van der Waals surface area contributed by atoms with Gasteiger partial charge in [-0.3, -0.25) is 4.79 Å². The van der Waals surface area contributed by atoms with Gasteiger partial charge in [-0.05, 0) is 6.92 Å². The van der Waals surface area contributed by atoms with E-state index in [0.29, 0.717) is 0 Å². The molecule has 0 amide bonds. The second-order valence-corrected chi connectivity index (χ2v) is 3.28. The summed E-state index contributed by atoms with van der Waals surface area (Å²) in [6, 6.07) is 0. The van der Waals surface area contributed by atoms with E-state index in [4.69, 9.17) is 9.84 Å². The summed E-state index contributed by atoms with van der Waals surface area (Å²) in [5.41, 5.74) is 0. The van der Waals surface area contributed by atoms with E-state index in [1.54, 1.807) is 0 Å². The highest BCUT2D eigenvalue weighted by Gasteiger charge is 2.42. The molecule has 0 aromatic heterocycles. The Morgan fingerprint density at radius 1 is 1.31 bits per heavy atom. The van der Waals surface area contributed by atoms with E-state index in [0.717, 1.165) is 0 Å².